The van der Waals surface area contributed by atoms with Crippen molar-refractivity contribution in [3.63, 3.8) is 0 Å². The van der Waals surface area contributed by atoms with Gasteiger partial charge < -0.3 is 9.47 Å². The molecule has 0 amide bonds. The molecule has 0 aromatic heterocycles. The lowest BCUT2D eigenvalue weighted by atomic mass is 10.2. The van der Waals surface area contributed by atoms with E-state index < -0.39 is 0 Å². The van der Waals surface area contributed by atoms with Crippen molar-refractivity contribution in [3.8, 4) is 0 Å². The van der Waals surface area contributed by atoms with E-state index in [4.69, 9.17) is 9.47 Å². The van der Waals surface area contributed by atoms with E-state index in [-0.39, 0.29) is 11.9 Å². The lowest BCUT2D eigenvalue weighted by molar-refractivity contribution is -0.0118. The predicted molar refractivity (Wildman–Crippen MR) is 64.8 cm³/mol. The van der Waals surface area contributed by atoms with Crippen molar-refractivity contribution in [1.29, 1.82) is 0 Å². The molecule has 90 valence electrons. The highest BCUT2D eigenvalue weighted by Crippen LogP contribution is 2.19. The van der Waals surface area contributed by atoms with Crippen LogP contribution in [0.15, 0.2) is 22.7 Å². The molecule has 1 unspecified atom stereocenters. The van der Waals surface area contributed by atoms with Gasteiger partial charge in [0.15, 0.2) is 0 Å². The van der Waals surface area contributed by atoms with Crippen LogP contribution in [0.5, 0.6) is 0 Å². The standard InChI is InChI=1S/C12H16BrFO2/c1-3-15-7-9(2)16-8-10-4-5-11(14)6-12(10)13/h4-6,9H,3,7-8H2,1-2H3. The van der Waals surface area contributed by atoms with Crippen LogP contribution >= 0.6 is 15.9 Å². The first-order valence-corrected chi connectivity index (χ1v) is 6.06. The van der Waals surface area contributed by atoms with Crippen molar-refractivity contribution in [2.45, 2.75) is 26.6 Å². The van der Waals surface area contributed by atoms with E-state index in [0.717, 1.165) is 10.0 Å². The third kappa shape index (κ3) is 4.60. The fraction of sp³-hybridized carbons (Fsp3) is 0.500. The second-order valence-corrected chi connectivity index (χ2v) is 4.37. The number of hydrogen-bond acceptors (Lipinski definition) is 2. The van der Waals surface area contributed by atoms with Gasteiger partial charge in [-0.15, -0.1) is 0 Å². The fourth-order valence-electron chi connectivity index (χ4n) is 1.20. The number of halogens is 2. The summed E-state index contributed by atoms with van der Waals surface area (Å²) in [5.74, 6) is -0.252. The topological polar surface area (TPSA) is 18.5 Å². The van der Waals surface area contributed by atoms with Gasteiger partial charge in [-0.1, -0.05) is 22.0 Å². The molecule has 1 rings (SSSR count). The van der Waals surface area contributed by atoms with Crippen molar-refractivity contribution in [3.05, 3.63) is 34.1 Å². The summed E-state index contributed by atoms with van der Waals surface area (Å²) >= 11 is 3.30. The predicted octanol–water partition coefficient (Wildman–Crippen LogP) is 3.53. The van der Waals surface area contributed by atoms with Crippen molar-refractivity contribution in [2.75, 3.05) is 13.2 Å². The van der Waals surface area contributed by atoms with Gasteiger partial charge >= 0.3 is 0 Å². The van der Waals surface area contributed by atoms with E-state index >= 15 is 0 Å². The quantitative estimate of drug-likeness (QED) is 0.798. The molecule has 0 bridgehead atoms. The molecule has 0 aliphatic carbocycles. The van der Waals surface area contributed by atoms with Gasteiger partial charge in [0.2, 0.25) is 0 Å². The molecule has 0 aliphatic heterocycles. The average Bonchev–Trinajstić information content (AvgIpc) is 2.25. The van der Waals surface area contributed by atoms with Crippen LogP contribution in [-0.4, -0.2) is 19.3 Å². The second kappa shape index (κ2) is 6.99. The van der Waals surface area contributed by atoms with Crippen LogP contribution < -0.4 is 0 Å². The first kappa shape index (κ1) is 13.6. The molecule has 0 saturated carbocycles. The minimum Gasteiger partial charge on any atom is -0.379 e. The summed E-state index contributed by atoms with van der Waals surface area (Å²) in [5, 5.41) is 0. The Morgan fingerprint density at radius 2 is 2.19 bits per heavy atom. The third-order valence-electron chi connectivity index (χ3n) is 2.10. The molecule has 0 N–H and O–H groups in total. The lowest BCUT2D eigenvalue weighted by Gasteiger charge is -2.13. The molecule has 0 radical (unpaired) electrons. The minimum absolute atomic E-state index is 0.0388. The molecule has 1 atom stereocenters. The Kier molecular flexibility index (Phi) is 5.95. The summed E-state index contributed by atoms with van der Waals surface area (Å²) in [5.41, 5.74) is 0.935. The summed E-state index contributed by atoms with van der Waals surface area (Å²) in [7, 11) is 0. The lowest BCUT2D eigenvalue weighted by Crippen LogP contribution is -2.15. The first-order chi connectivity index (χ1) is 7.63. The molecule has 2 nitrogen and oxygen atoms in total. The van der Waals surface area contributed by atoms with Crippen LogP contribution in [-0.2, 0) is 16.1 Å². The van der Waals surface area contributed by atoms with E-state index in [1.807, 2.05) is 13.8 Å². The summed E-state index contributed by atoms with van der Waals surface area (Å²) in [6, 6.07) is 4.58. The minimum atomic E-state index is -0.252. The average molecular weight is 291 g/mol. The van der Waals surface area contributed by atoms with Crippen LogP contribution in [0.3, 0.4) is 0 Å². The Labute approximate surface area is 104 Å². The number of benzene rings is 1. The van der Waals surface area contributed by atoms with Crippen LogP contribution in [0.1, 0.15) is 19.4 Å². The van der Waals surface area contributed by atoms with E-state index in [1.54, 1.807) is 6.07 Å². The smallest absolute Gasteiger partial charge is 0.124 e. The van der Waals surface area contributed by atoms with Gasteiger partial charge in [-0.05, 0) is 31.5 Å². The SMILES string of the molecule is CCOCC(C)OCc1ccc(F)cc1Br. The van der Waals surface area contributed by atoms with Crippen molar-refractivity contribution < 1.29 is 13.9 Å². The molecule has 0 spiro atoms. The van der Waals surface area contributed by atoms with Crippen molar-refractivity contribution >= 4 is 15.9 Å². The van der Waals surface area contributed by atoms with Crippen LogP contribution in [0, 0.1) is 5.82 Å². The zero-order valence-corrected chi connectivity index (χ0v) is 11.1. The highest BCUT2D eigenvalue weighted by Gasteiger charge is 2.05. The maximum Gasteiger partial charge on any atom is 0.124 e. The van der Waals surface area contributed by atoms with Crippen LogP contribution in [0.2, 0.25) is 0 Å². The Hall–Kier alpha value is -0.450. The Morgan fingerprint density at radius 1 is 1.44 bits per heavy atom. The number of ether oxygens (including phenoxy) is 2. The number of hydrogen-bond donors (Lipinski definition) is 0. The molecule has 0 saturated heterocycles. The Balaban J connectivity index is 2.42. The van der Waals surface area contributed by atoms with Gasteiger partial charge in [-0.2, -0.15) is 0 Å². The van der Waals surface area contributed by atoms with E-state index in [0.29, 0.717) is 19.8 Å². The summed E-state index contributed by atoms with van der Waals surface area (Å²) in [6.07, 6.45) is 0.0388. The molecular weight excluding hydrogens is 275 g/mol. The maximum atomic E-state index is 12.8. The Morgan fingerprint density at radius 3 is 2.81 bits per heavy atom. The zero-order valence-electron chi connectivity index (χ0n) is 9.50. The molecule has 4 heteroatoms. The molecule has 0 fully saturated rings. The summed E-state index contributed by atoms with van der Waals surface area (Å²) in [6.45, 7) is 5.62. The number of rotatable bonds is 6. The van der Waals surface area contributed by atoms with Gasteiger partial charge in [-0.3, -0.25) is 0 Å². The largest absolute Gasteiger partial charge is 0.379 e. The summed E-state index contributed by atoms with van der Waals surface area (Å²) < 4.78 is 24.4. The molecule has 1 aromatic carbocycles. The summed E-state index contributed by atoms with van der Waals surface area (Å²) in [4.78, 5) is 0. The molecule has 1 aromatic rings. The van der Waals surface area contributed by atoms with E-state index in [9.17, 15) is 4.39 Å². The van der Waals surface area contributed by atoms with Gasteiger partial charge in [-0.25, -0.2) is 4.39 Å². The van der Waals surface area contributed by atoms with Crippen molar-refractivity contribution in [1.82, 2.24) is 0 Å². The Bertz CT molecular complexity index is 331. The third-order valence-corrected chi connectivity index (χ3v) is 2.83. The molecule has 0 aliphatic rings. The van der Waals surface area contributed by atoms with Gasteiger partial charge in [0.1, 0.15) is 5.82 Å². The zero-order chi connectivity index (χ0) is 12.0. The van der Waals surface area contributed by atoms with Gasteiger partial charge in [0.05, 0.1) is 19.3 Å². The molecular formula is C12H16BrFO2. The van der Waals surface area contributed by atoms with Crippen LogP contribution in [0.4, 0.5) is 4.39 Å². The molecule has 0 heterocycles. The van der Waals surface area contributed by atoms with Gasteiger partial charge in [0, 0.05) is 11.1 Å². The van der Waals surface area contributed by atoms with Gasteiger partial charge in [0.25, 0.3) is 0 Å². The highest BCUT2D eigenvalue weighted by atomic mass is 79.9. The van der Waals surface area contributed by atoms with Crippen molar-refractivity contribution in [2.24, 2.45) is 0 Å². The highest BCUT2D eigenvalue weighted by molar-refractivity contribution is 9.10. The normalized spacial score (nSPS) is 12.8. The van der Waals surface area contributed by atoms with E-state index in [1.165, 1.54) is 12.1 Å². The fourth-order valence-corrected chi connectivity index (χ4v) is 1.67. The molecule has 16 heavy (non-hydrogen) atoms. The second-order valence-electron chi connectivity index (χ2n) is 3.52. The maximum absolute atomic E-state index is 12.8. The monoisotopic (exact) mass is 290 g/mol. The van der Waals surface area contributed by atoms with Crippen LogP contribution in [0.25, 0.3) is 0 Å². The first-order valence-electron chi connectivity index (χ1n) is 5.26. The van der Waals surface area contributed by atoms with E-state index in [2.05, 4.69) is 15.9 Å².